The first-order chi connectivity index (χ1) is 11.5. The Bertz CT molecular complexity index is 610. The van der Waals surface area contributed by atoms with E-state index in [9.17, 15) is 14.0 Å². The van der Waals surface area contributed by atoms with Crippen molar-refractivity contribution >= 4 is 11.9 Å². The van der Waals surface area contributed by atoms with E-state index in [-0.39, 0.29) is 23.7 Å². The fraction of sp³-hybridized carbons (Fsp3) is 0.556. The lowest BCUT2D eigenvalue weighted by molar-refractivity contribution is -0.141. The first kappa shape index (κ1) is 16.9. The molecule has 0 aromatic heterocycles. The second-order valence-corrected chi connectivity index (χ2v) is 6.72. The number of carboxylic acid groups (broad SMARTS) is 1. The summed E-state index contributed by atoms with van der Waals surface area (Å²) in [5.41, 5.74) is 0.0604. The SMILES string of the molecule is O=C(O)[C@@H]1CC[C@H](NC(=O)C2(c3ccc(F)cc3)CCOCC2)C1. The predicted molar refractivity (Wildman–Crippen MR) is 85.0 cm³/mol. The zero-order valence-corrected chi connectivity index (χ0v) is 13.5. The molecule has 1 heterocycles. The van der Waals surface area contributed by atoms with Gasteiger partial charge in [-0.3, -0.25) is 9.59 Å². The molecule has 6 heteroatoms. The van der Waals surface area contributed by atoms with E-state index >= 15 is 0 Å². The smallest absolute Gasteiger partial charge is 0.306 e. The maximum absolute atomic E-state index is 13.2. The summed E-state index contributed by atoms with van der Waals surface area (Å²) in [4.78, 5) is 24.1. The Labute approximate surface area is 140 Å². The van der Waals surface area contributed by atoms with E-state index in [1.165, 1.54) is 12.1 Å². The first-order valence-corrected chi connectivity index (χ1v) is 8.39. The molecule has 5 nitrogen and oxygen atoms in total. The lowest BCUT2D eigenvalue weighted by Crippen LogP contribution is -2.50. The van der Waals surface area contributed by atoms with E-state index in [1.807, 2.05) is 0 Å². The van der Waals surface area contributed by atoms with Gasteiger partial charge in [-0.05, 0) is 49.8 Å². The molecule has 2 atom stereocenters. The Morgan fingerprint density at radius 3 is 2.42 bits per heavy atom. The van der Waals surface area contributed by atoms with Gasteiger partial charge in [0, 0.05) is 19.3 Å². The highest BCUT2D eigenvalue weighted by molar-refractivity contribution is 5.88. The second-order valence-electron chi connectivity index (χ2n) is 6.72. The number of nitrogens with one attached hydrogen (secondary N) is 1. The summed E-state index contributed by atoms with van der Waals surface area (Å²) >= 11 is 0. The lowest BCUT2D eigenvalue weighted by atomic mass is 9.73. The van der Waals surface area contributed by atoms with Gasteiger partial charge < -0.3 is 15.2 Å². The average Bonchev–Trinajstić information content (AvgIpc) is 3.05. The van der Waals surface area contributed by atoms with Crippen molar-refractivity contribution in [3.05, 3.63) is 35.6 Å². The van der Waals surface area contributed by atoms with Gasteiger partial charge in [0.1, 0.15) is 5.82 Å². The lowest BCUT2D eigenvalue weighted by Gasteiger charge is -2.37. The summed E-state index contributed by atoms with van der Waals surface area (Å²) < 4.78 is 18.7. The van der Waals surface area contributed by atoms with Crippen molar-refractivity contribution in [1.82, 2.24) is 5.32 Å². The molecular formula is C18H22FNO4. The molecule has 2 fully saturated rings. The van der Waals surface area contributed by atoms with Crippen molar-refractivity contribution in [2.45, 2.75) is 43.6 Å². The maximum atomic E-state index is 13.2. The molecule has 1 saturated heterocycles. The molecule has 1 aromatic rings. The fourth-order valence-corrected chi connectivity index (χ4v) is 3.80. The van der Waals surface area contributed by atoms with Crippen molar-refractivity contribution in [3.63, 3.8) is 0 Å². The number of carboxylic acids is 1. The van der Waals surface area contributed by atoms with Gasteiger partial charge in [-0.15, -0.1) is 0 Å². The number of hydrogen-bond acceptors (Lipinski definition) is 3. The fourth-order valence-electron chi connectivity index (χ4n) is 3.80. The molecule has 1 aromatic carbocycles. The number of amides is 1. The third-order valence-corrected chi connectivity index (χ3v) is 5.29. The van der Waals surface area contributed by atoms with Crippen LogP contribution in [0.5, 0.6) is 0 Å². The summed E-state index contributed by atoms with van der Waals surface area (Å²) in [5.74, 6) is -1.62. The summed E-state index contributed by atoms with van der Waals surface area (Å²) in [6, 6.07) is 5.95. The molecule has 1 aliphatic heterocycles. The molecule has 0 bridgehead atoms. The van der Waals surface area contributed by atoms with Gasteiger partial charge in [0.15, 0.2) is 0 Å². The number of carbonyl (C=O) groups excluding carboxylic acids is 1. The van der Waals surface area contributed by atoms with Crippen molar-refractivity contribution in [3.8, 4) is 0 Å². The molecule has 0 radical (unpaired) electrons. The monoisotopic (exact) mass is 335 g/mol. The molecule has 130 valence electrons. The van der Waals surface area contributed by atoms with E-state index in [4.69, 9.17) is 9.84 Å². The Morgan fingerprint density at radius 2 is 1.83 bits per heavy atom. The number of carbonyl (C=O) groups is 2. The highest BCUT2D eigenvalue weighted by Crippen LogP contribution is 2.36. The van der Waals surface area contributed by atoms with Crippen LogP contribution < -0.4 is 5.32 Å². The summed E-state index contributed by atoms with van der Waals surface area (Å²) in [6.45, 7) is 0.959. The van der Waals surface area contributed by atoms with Crippen molar-refractivity contribution in [2.75, 3.05) is 13.2 Å². The van der Waals surface area contributed by atoms with Gasteiger partial charge in [-0.25, -0.2) is 4.39 Å². The number of hydrogen-bond donors (Lipinski definition) is 2. The van der Waals surface area contributed by atoms with Crippen molar-refractivity contribution in [1.29, 1.82) is 0 Å². The van der Waals surface area contributed by atoms with E-state index in [0.29, 0.717) is 45.3 Å². The standard InChI is InChI=1S/C18H22FNO4/c19-14-4-2-13(3-5-14)18(7-9-24-10-8-18)17(23)20-15-6-1-12(11-15)16(21)22/h2-5,12,15H,1,6-11H2,(H,20,23)(H,21,22)/t12-,15+/m1/s1. The Hall–Kier alpha value is -1.95. The Morgan fingerprint density at radius 1 is 1.17 bits per heavy atom. The topological polar surface area (TPSA) is 75.6 Å². The minimum Gasteiger partial charge on any atom is -0.481 e. The summed E-state index contributed by atoms with van der Waals surface area (Å²) in [7, 11) is 0. The Balaban J connectivity index is 1.77. The van der Waals surface area contributed by atoms with Crippen LogP contribution in [0.4, 0.5) is 4.39 Å². The summed E-state index contributed by atoms with van der Waals surface area (Å²) in [5, 5.41) is 12.1. The van der Waals surface area contributed by atoms with Crippen LogP contribution in [-0.4, -0.2) is 36.2 Å². The van der Waals surface area contributed by atoms with E-state index < -0.39 is 11.4 Å². The van der Waals surface area contributed by atoms with Crippen LogP contribution in [0.15, 0.2) is 24.3 Å². The normalized spacial score (nSPS) is 26.0. The molecule has 1 amide bonds. The number of halogens is 1. The maximum Gasteiger partial charge on any atom is 0.306 e. The van der Waals surface area contributed by atoms with E-state index in [1.54, 1.807) is 12.1 Å². The molecule has 0 unspecified atom stereocenters. The highest BCUT2D eigenvalue weighted by Gasteiger charge is 2.43. The largest absolute Gasteiger partial charge is 0.481 e. The molecule has 3 rings (SSSR count). The molecule has 2 N–H and O–H groups in total. The third-order valence-electron chi connectivity index (χ3n) is 5.29. The van der Waals surface area contributed by atoms with Crippen LogP contribution in [0, 0.1) is 11.7 Å². The van der Waals surface area contributed by atoms with E-state index in [0.717, 1.165) is 5.56 Å². The van der Waals surface area contributed by atoms with Crippen LogP contribution >= 0.6 is 0 Å². The number of benzene rings is 1. The van der Waals surface area contributed by atoms with Gasteiger partial charge in [-0.1, -0.05) is 12.1 Å². The first-order valence-electron chi connectivity index (χ1n) is 8.39. The second kappa shape index (κ2) is 6.89. The highest BCUT2D eigenvalue weighted by atomic mass is 19.1. The Kier molecular flexibility index (Phi) is 4.85. The minimum atomic E-state index is -0.800. The minimum absolute atomic E-state index is 0.103. The van der Waals surface area contributed by atoms with Gasteiger partial charge in [0.05, 0.1) is 11.3 Å². The number of ether oxygens (including phenoxy) is 1. The molecule has 1 aliphatic carbocycles. The van der Waals surface area contributed by atoms with Gasteiger partial charge in [-0.2, -0.15) is 0 Å². The summed E-state index contributed by atoms with van der Waals surface area (Å²) in [6.07, 6.45) is 2.82. The van der Waals surface area contributed by atoms with Gasteiger partial charge in [0.2, 0.25) is 5.91 Å². The van der Waals surface area contributed by atoms with Crippen LogP contribution in [0.3, 0.4) is 0 Å². The van der Waals surface area contributed by atoms with E-state index in [2.05, 4.69) is 5.32 Å². The molecule has 24 heavy (non-hydrogen) atoms. The zero-order chi connectivity index (χ0) is 17.2. The third kappa shape index (κ3) is 3.29. The van der Waals surface area contributed by atoms with Gasteiger partial charge in [0.25, 0.3) is 0 Å². The van der Waals surface area contributed by atoms with Crippen LogP contribution in [0.25, 0.3) is 0 Å². The van der Waals surface area contributed by atoms with Crippen molar-refractivity contribution in [2.24, 2.45) is 5.92 Å². The van der Waals surface area contributed by atoms with Crippen LogP contribution in [0.1, 0.15) is 37.7 Å². The molecule has 2 aliphatic rings. The van der Waals surface area contributed by atoms with Crippen LogP contribution in [-0.2, 0) is 19.7 Å². The zero-order valence-electron chi connectivity index (χ0n) is 13.5. The number of aliphatic carboxylic acids is 1. The number of rotatable bonds is 4. The molecule has 1 saturated carbocycles. The quantitative estimate of drug-likeness (QED) is 0.885. The molecular weight excluding hydrogens is 313 g/mol. The van der Waals surface area contributed by atoms with Crippen LogP contribution in [0.2, 0.25) is 0 Å². The predicted octanol–water partition coefficient (Wildman–Crippen LogP) is 2.24. The van der Waals surface area contributed by atoms with Crippen molar-refractivity contribution < 1.29 is 23.8 Å². The molecule has 0 spiro atoms. The van der Waals surface area contributed by atoms with Gasteiger partial charge >= 0.3 is 5.97 Å². The average molecular weight is 335 g/mol.